The van der Waals surface area contributed by atoms with Gasteiger partial charge in [-0.2, -0.15) is 4.31 Å². The Hall–Kier alpha value is -0.560. The highest BCUT2D eigenvalue weighted by molar-refractivity contribution is 7.99. The van der Waals surface area contributed by atoms with E-state index in [-0.39, 0.29) is 6.04 Å². The predicted molar refractivity (Wildman–Crippen MR) is 74.2 cm³/mol. The van der Waals surface area contributed by atoms with E-state index in [0.29, 0.717) is 18.0 Å². The van der Waals surface area contributed by atoms with Crippen molar-refractivity contribution in [2.75, 3.05) is 19.3 Å². The summed E-state index contributed by atoms with van der Waals surface area (Å²) in [5, 5.41) is 0. The molecule has 1 unspecified atom stereocenters. The summed E-state index contributed by atoms with van der Waals surface area (Å²) in [4.78, 5) is 1.19. The molecule has 0 saturated carbocycles. The Morgan fingerprint density at radius 3 is 2.83 bits per heavy atom. The lowest BCUT2D eigenvalue weighted by Crippen LogP contribution is -2.40. The summed E-state index contributed by atoms with van der Waals surface area (Å²) in [7, 11) is -3.41. The van der Waals surface area contributed by atoms with Crippen molar-refractivity contribution >= 4 is 21.8 Å². The van der Waals surface area contributed by atoms with Gasteiger partial charge in [0.2, 0.25) is 10.0 Å². The molecule has 1 aliphatic heterocycles. The van der Waals surface area contributed by atoms with Crippen molar-refractivity contribution < 1.29 is 8.42 Å². The number of thioether (sulfide) groups is 1. The maximum absolute atomic E-state index is 12.6. The standard InChI is InChI=1S/C12H18N2O2S2/c1-17-11-6-2-3-7-12(11)18(15,16)14-8-4-5-10(14)9-13/h2-3,6-7,10H,4-5,8-9,13H2,1H3. The average molecular weight is 286 g/mol. The molecule has 18 heavy (non-hydrogen) atoms. The lowest BCUT2D eigenvalue weighted by molar-refractivity contribution is 0.392. The third-order valence-corrected chi connectivity index (χ3v) is 6.19. The molecule has 1 fully saturated rings. The van der Waals surface area contributed by atoms with E-state index in [2.05, 4.69) is 0 Å². The van der Waals surface area contributed by atoms with Gasteiger partial charge in [0.1, 0.15) is 0 Å². The van der Waals surface area contributed by atoms with Crippen molar-refractivity contribution in [1.82, 2.24) is 4.31 Å². The first-order chi connectivity index (χ1) is 8.61. The zero-order valence-electron chi connectivity index (χ0n) is 10.4. The van der Waals surface area contributed by atoms with Crippen molar-refractivity contribution in [1.29, 1.82) is 0 Å². The second kappa shape index (κ2) is 5.61. The number of nitrogens with two attached hydrogens (primary N) is 1. The summed E-state index contributed by atoms with van der Waals surface area (Å²) >= 11 is 1.45. The van der Waals surface area contributed by atoms with Crippen LogP contribution in [-0.2, 0) is 10.0 Å². The Balaban J connectivity index is 2.42. The lowest BCUT2D eigenvalue weighted by atomic mass is 10.2. The minimum absolute atomic E-state index is 0.0510. The second-order valence-electron chi connectivity index (χ2n) is 4.30. The summed E-state index contributed by atoms with van der Waals surface area (Å²) < 4.78 is 26.8. The molecule has 4 nitrogen and oxygen atoms in total. The van der Waals surface area contributed by atoms with Gasteiger partial charge in [0, 0.05) is 24.0 Å². The molecule has 1 saturated heterocycles. The molecule has 0 aromatic heterocycles. The minimum atomic E-state index is -3.41. The van der Waals surface area contributed by atoms with Gasteiger partial charge in [-0.15, -0.1) is 11.8 Å². The lowest BCUT2D eigenvalue weighted by Gasteiger charge is -2.23. The maximum atomic E-state index is 12.6. The van der Waals surface area contributed by atoms with E-state index in [4.69, 9.17) is 5.73 Å². The number of sulfonamides is 1. The monoisotopic (exact) mass is 286 g/mol. The highest BCUT2D eigenvalue weighted by atomic mass is 32.2. The van der Waals surface area contributed by atoms with E-state index in [9.17, 15) is 8.42 Å². The van der Waals surface area contributed by atoms with Gasteiger partial charge in [0.15, 0.2) is 0 Å². The normalized spacial score (nSPS) is 21.3. The Bertz CT molecular complexity index is 517. The maximum Gasteiger partial charge on any atom is 0.244 e. The Morgan fingerprint density at radius 1 is 1.44 bits per heavy atom. The topological polar surface area (TPSA) is 63.4 Å². The Morgan fingerprint density at radius 2 is 2.17 bits per heavy atom. The summed E-state index contributed by atoms with van der Waals surface area (Å²) in [5.41, 5.74) is 5.66. The highest BCUT2D eigenvalue weighted by Crippen LogP contribution is 2.31. The van der Waals surface area contributed by atoms with Crippen LogP contribution in [-0.4, -0.2) is 38.1 Å². The van der Waals surface area contributed by atoms with Crippen LogP contribution in [0.25, 0.3) is 0 Å². The van der Waals surface area contributed by atoms with Gasteiger partial charge in [-0.25, -0.2) is 8.42 Å². The predicted octanol–water partition coefficient (Wildman–Crippen LogP) is 1.52. The highest BCUT2D eigenvalue weighted by Gasteiger charge is 2.35. The fraction of sp³-hybridized carbons (Fsp3) is 0.500. The number of rotatable bonds is 4. The summed E-state index contributed by atoms with van der Waals surface area (Å²) in [6, 6.07) is 7.08. The SMILES string of the molecule is CSc1ccccc1S(=O)(=O)N1CCCC1CN. The number of hydrogen-bond acceptors (Lipinski definition) is 4. The van der Waals surface area contributed by atoms with Crippen LogP contribution in [0, 0.1) is 0 Å². The van der Waals surface area contributed by atoms with E-state index in [0.717, 1.165) is 17.7 Å². The van der Waals surface area contributed by atoms with E-state index >= 15 is 0 Å². The van der Waals surface area contributed by atoms with Crippen molar-refractivity contribution in [3.8, 4) is 0 Å². The smallest absolute Gasteiger partial charge is 0.244 e. The van der Waals surface area contributed by atoms with Crippen LogP contribution < -0.4 is 5.73 Å². The Labute approximate surface area is 113 Å². The molecule has 2 N–H and O–H groups in total. The van der Waals surface area contributed by atoms with Gasteiger partial charge >= 0.3 is 0 Å². The molecule has 1 heterocycles. The summed E-state index contributed by atoms with van der Waals surface area (Å²) in [6.45, 7) is 0.966. The first kappa shape index (κ1) is 13.9. The quantitative estimate of drug-likeness (QED) is 0.852. The van der Waals surface area contributed by atoms with Gasteiger partial charge in [-0.3, -0.25) is 0 Å². The van der Waals surface area contributed by atoms with Crippen LogP contribution in [0.3, 0.4) is 0 Å². The molecule has 1 aromatic carbocycles. The molecule has 0 radical (unpaired) electrons. The van der Waals surface area contributed by atoms with Gasteiger partial charge in [-0.05, 0) is 31.2 Å². The molecule has 0 amide bonds. The van der Waals surface area contributed by atoms with Crippen molar-refractivity contribution in [2.24, 2.45) is 5.73 Å². The fourth-order valence-electron chi connectivity index (χ4n) is 2.32. The molecular weight excluding hydrogens is 268 g/mol. The molecule has 0 spiro atoms. The van der Waals surface area contributed by atoms with Crippen LogP contribution in [0.5, 0.6) is 0 Å². The largest absolute Gasteiger partial charge is 0.329 e. The molecule has 6 heteroatoms. The molecule has 1 atom stereocenters. The van der Waals surface area contributed by atoms with Crippen LogP contribution in [0.4, 0.5) is 0 Å². The number of benzene rings is 1. The molecule has 100 valence electrons. The van der Waals surface area contributed by atoms with Crippen LogP contribution in [0.1, 0.15) is 12.8 Å². The molecule has 0 aliphatic carbocycles. The fourth-order valence-corrected chi connectivity index (χ4v) is 5.15. The zero-order chi connectivity index (χ0) is 13.2. The minimum Gasteiger partial charge on any atom is -0.329 e. The van der Waals surface area contributed by atoms with Crippen molar-refractivity contribution in [3.05, 3.63) is 24.3 Å². The van der Waals surface area contributed by atoms with Gasteiger partial charge in [0.05, 0.1) is 4.90 Å². The third kappa shape index (κ3) is 2.42. The molecular formula is C12H18N2O2S2. The van der Waals surface area contributed by atoms with Crippen molar-refractivity contribution in [3.63, 3.8) is 0 Å². The zero-order valence-corrected chi connectivity index (χ0v) is 12.0. The first-order valence-electron chi connectivity index (χ1n) is 5.96. The Kier molecular flexibility index (Phi) is 4.32. The average Bonchev–Trinajstić information content (AvgIpc) is 2.87. The number of hydrogen-bond donors (Lipinski definition) is 1. The summed E-state index contributed by atoms with van der Waals surface area (Å²) in [5.74, 6) is 0. The van der Waals surface area contributed by atoms with E-state index < -0.39 is 10.0 Å². The molecule has 1 aromatic rings. The van der Waals surface area contributed by atoms with Gasteiger partial charge in [0.25, 0.3) is 0 Å². The first-order valence-corrected chi connectivity index (χ1v) is 8.62. The van der Waals surface area contributed by atoms with E-state index in [1.54, 1.807) is 16.4 Å². The molecule has 1 aliphatic rings. The van der Waals surface area contributed by atoms with Crippen LogP contribution >= 0.6 is 11.8 Å². The van der Waals surface area contributed by atoms with E-state index in [1.165, 1.54) is 11.8 Å². The van der Waals surface area contributed by atoms with Crippen molar-refractivity contribution in [2.45, 2.75) is 28.7 Å². The van der Waals surface area contributed by atoms with E-state index in [1.807, 2.05) is 18.4 Å². The third-order valence-electron chi connectivity index (χ3n) is 3.25. The molecule has 2 rings (SSSR count). The van der Waals surface area contributed by atoms with Crippen LogP contribution in [0.2, 0.25) is 0 Å². The number of nitrogens with zero attached hydrogens (tertiary/aromatic N) is 1. The van der Waals surface area contributed by atoms with Gasteiger partial charge in [-0.1, -0.05) is 12.1 Å². The van der Waals surface area contributed by atoms with Gasteiger partial charge < -0.3 is 5.73 Å². The summed E-state index contributed by atoms with van der Waals surface area (Å²) in [6.07, 6.45) is 3.64. The molecule has 0 bridgehead atoms. The van der Waals surface area contributed by atoms with Crippen LogP contribution in [0.15, 0.2) is 34.1 Å². The second-order valence-corrected chi connectivity index (χ2v) is 7.01.